The molecule has 0 unspecified atom stereocenters. The van der Waals surface area contributed by atoms with Gasteiger partial charge in [0.2, 0.25) is 0 Å². The third-order valence-corrected chi connectivity index (χ3v) is 5.53. The molecule has 0 bridgehead atoms. The number of nitrogens with zero attached hydrogens (tertiary/aromatic N) is 1. The van der Waals surface area contributed by atoms with Crippen molar-refractivity contribution in [1.29, 1.82) is 0 Å². The number of rotatable bonds is 6. The lowest BCUT2D eigenvalue weighted by atomic mass is 10.2. The minimum absolute atomic E-state index is 0.0427. The number of oxazole rings is 1. The summed E-state index contributed by atoms with van der Waals surface area (Å²) in [5.74, 6) is 0.446. The van der Waals surface area contributed by atoms with Crippen LogP contribution in [0.2, 0.25) is 0 Å². The molecular weight excluding hydrogens is 296 g/mol. The highest BCUT2D eigenvalue weighted by Gasteiger charge is 2.15. The molecule has 0 atom stereocenters. The third-order valence-electron chi connectivity index (χ3n) is 2.69. The maximum Gasteiger partial charge on any atom is 0.255 e. The summed E-state index contributed by atoms with van der Waals surface area (Å²) in [6.45, 7) is 2.23. The Kier molecular flexibility index (Phi) is 4.85. The van der Waals surface area contributed by atoms with E-state index < -0.39 is 9.84 Å². The van der Waals surface area contributed by atoms with Crippen LogP contribution >= 0.6 is 11.8 Å². The molecular formula is C13H16N2O3S2. The second-order valence-electron chi connectivity index (χ2n) is 4.27. The van der Waals surface area contributed by atoms with Crippen molar-refractivity contribution in [3.8, 4) is 0 Å². The molecule has 1 aromatic carbocycles. The fraction of sp³-hybridized carbons (Fsp3) is 0.308. The summed E-state index contributed by atoms with van der Waals surface area (Å²) < 4.78 is 29.4. The molecule has 0 spiro atoms. The number of benzene rings is 1. The zero-order valence-electron chi connectivity index (χ0n) is 11.1. The van der Waals surface area contributed by atoms with Gasteiger partial charge in [-0.15, -0.1) is 0 Å². The Morgan fingerprint density at radius 1 is 1.30 bits per heavy atom. The van der Waals surface area contributed by atoms with Crippen LogP contribution in [0.25, 0.3) is 0 Å². The van der Waals surface area contributed by atoms with Gasteiger partial charge >= 0.3 is 0 Å². The van der Waals surface area contributed by atoms with Crippen LogP contribution in [0, 0.1) is 6.92 Å². The molecule has 1 aromatic heterocycles. The summed E-state index contributed by atoms with van der Waals surface area (Å²) in [5, 5.41) is 0.496. The van der Waals surface area contributed by atoms with Crippen LogP contribution < -0.4 is 5.73 Å². The molecule has 0 aliphatic heterocycles. The van der Waals surface area contributed by atoms with Crippen LogP contribution in [0.1, 0.15) is 11.3 Å². The van der Waals surface area contributed by atoms with Crippen LogP contribution in [-0.4, -0.2) is 24.9 Å². The lowest BCUT2D eigenvalue weighted by molar-refractivity contribution is 0.454. The molecule has 0 aliphatic rings. The molecule has 1 heterocycles. The van der Waals surface area contributed by atoms with Gasteiger partial charge in [-0.05, 0) is 24.6 Å². The van der Waals surface area contributed by atoms with E-state index in [1.807, 2.05) is 6.92 Å². The van der Waals surface area contributed by atoms with Crippen LogP contribution in [0.3, 0.4) is 0 Å². The van der Waals surface area contributed by atoms with Crippen molar-refractivity contribution in [2.45, 2.75) is 23.6 Å². The summed E-state index contributed by atoms with van der Waals surface area (Å²) in [7, 11) is -3.28. The van der Waals surface area contributed by atoms with Crippen molar-refractivity contribution in [1.82, 2.24) is 4.98 Å². The maximum atomic E-state index is 12.1. The smallest absolute Gasteiger partial charge is 0.255 e. The van der Waals surface area contributed by atoms with Crippen molar-refractivity contribution >= 4 is 21.6 Å². The minimum atomic E-state index is -3.28. The Labute approximate surface area is 122 Å². The molecule has 2 N–H and O–H groups in total. The predicted molar refractivity (Wildman–Crippen MR) is 78.4 cm³/mol. The SMILES string of the molecule is Cc1coc(SCCS(=O)(=O)c2ccc(CN)cc2)n1. The fourth-order valence-electron chi connectivity index (χ4n) is 1.59. The quantitative estimate of drug-likeness (QED) is 0.821. The first-order chi connectivity index (χ1) is 9.51. The van der Waals surface area contributed by atoms with Crippen LogP contribution in [0.5, 0.6) is 0 Å². The Bertz CT molecular complexity index is 663. The minimum Gasteiger partial charge on any atom is -0.440 e. The van der Waals surface area contributed by atoms with Crippen molar-refractivity contribution < 1.29 is 12.8 Å². The van der Waals surface area contributed by atoms with Gasteiger partial charge in [-0.1, -0.05) is 23.9 Å². The molecule has 20 heavy (non-hydrogen) atoms. The van der Waals surface area contributed by atoms with E-state index in [2.05, 4.69) is 4.98 Å². The number of hydrogen-bond acceptors (Lipinski definition) is 6. The highest BCUT2D eigenvalue weighted by molar-refractivity contribution is 8.00. The maximum absolute atomic E-state index is 12.1. The lowest BCUT2D eigenvalue weighted by Gasteiger charge is -2.04. The van der Waals surface area contributed by atoms with Crippen LogP contribution in [-0.2, 0) is 16.4 Å². The Hall–Kier alpha value is -1.31. The molecule has 2 rings (SSSR count). The first-order valence-corrected chi connectivity index (χ1v) is 8.72. The normalized spacial score (nSPS) is 11.7. The highest BCUT2D eigenvalue weighted by Crippen LogP contribution is 2.19. The number of aryl methyl sites for hydroxylation is 1. The number of nitrogens with two attached hydrogens (primary N) is 1. The van der Waals surface area contributed by atoms with E-state index in [0.29, 0.717) is 22.4 Å². The standard InChI is InChI=1S/C13H16N2O3S2/c1-10-9-18-13(15-10)19-6-7-20(16,17)12-4-2-11(8-14)3-5-12/h2-5,9H,6-8,14H2,1H3. The first kappa shape index (κ1) is 15.1. The third kappa shape index (κ3) is 3.84. The van der Waals surface area contributed by atoms with Crippen molar-refractivity contribution in [2.75, 3.05) is 11.5 Å². The van der Waals surface area contributed by atoms with E-state index in [-0.39, 0.29) is 5.75 Å². The number of thioether (sulfide) groups is 1. The average molecular weight is 312 g/mol. The molecule has 5 nitrogen and oxygen atoms in total. The number of hydrogen-bond donors (Lipinski definition) is 1. The van der Waals surface area contributed by atoms with Gasteiger partial charge < -0.3 is 10.2 Å². The van der Waals surface area contributed by atoms with Gasteiger partial charge in [0.25, 0.3) is 5.22 Å². The summed E-state index contributed by atoms with van der Waals surface area (Å²) in [4.78, 5) is 4.43. The molecule has 0 aliphatic carbocycles. The fourth-order valence-corrected chi connectivity index (χ4v) is 4.08. The highest BCUT2D eigenvalue weighted by atomic mass is 32.2. The molecule has 0 radical (unpaired) electrons. The summed E-state index contributed by atoms with van der Waals surface area (Å²) in [5.41, 5.74) is 7.18. The van der Waals surface area contributed by atoms with Gasteiger partial charge in [0.1, 0.15) is 6.26 Å². The average Bonchev–Trinajstić information content (AvgIpc) is 2.84. The van der Waals surface area contributed by atoms with Gasteiger partial charge in [0.15, 0.2) is 9.84 Å². The molecule has 0 saturated carbocycles. The Morgan fingerprint density at radius 2 is 2.00 bits per heavy atom. The molecule has 0 saturated heterocycles. The van der Waals surface area contributed by atoms with Crippen molar-refractivity contribution in [3.05, 3.63) is 41.8 Å². The second kappa shape index (κ2) is 6.43. The summed E-state index contributed by atoms with van der Waals surface area (Å²) >= 11 is 1.29. The molecule has 2 aromatic rings. The molecule has 7 heteroatoms. The predicted octanol–water partition coefficient (Wildman–Crippen LogP) is 2.01. The Balaban J connectivity index is 1.96. The monoisotopic (exact) mass is 312 g/mol. The summed E-state index contributed by atoms with van der Waals surface area (Å²) in [6.07, 6.45) is 1.54. The van der Waals surface area contributed by atoms with Gasteiger partial charge in [0, 0.05) is 12.3 Å². The van der Waals surface area contributed by atoms with E-state index in [0.717, 1.165) is 11.3 Å². The van der Waals surface area contributed by atoms with E-state index in [1.165, 1.54) is 11.8 Å². The van der Waals surface area contributed by atoms with Gasteiger partial charge in [-0.2, -0.15) is 0 Å². The van der Waals surface area contributed by atoms with Crippen molar-refractivity contribution in [3.63, 3.8) is 0 Å². The van der Waals surface area contributed by atoms with E-state index in [1.54, 1.807) is 30.5 Å². The molecule has 0 amide bonds. The summed E-state index contributed by atoms with van der Waals surface area (Å²) in [6, 6.07) is 6.66. The van der Waals surface area contributed by atoms with Crippen molar-refractivity contribution in [2.24, 2.45) is 5.73 Å². The topological polar surface area (TPSA) is 86.2 Å². The second-order valence-corrected chi connectivity index (χ2v) is 7.43. The molecule has 108 valence electrons. The first-order valence-electron chi connectivity index (χ1n) is 6.08. The Morgan fingerprint density at radius 3 is 2.55 bits per heavy atom. The number of aromatic nitrogens is 1. The largest absolute Gasteiger partial charge is 0.440 e. The van der Waals surface area contributed by atoms with Gasteiger partial charge in [-0.3, -0.25) is 0 Å². The van der Waals surface area contributed by atoms with Crippen LogP contribution in [0.15, 0.2) is 45.1 Å². The lowest BCUT2D eigenvalue weighted by Crippen LogP contribution is -2.09. The van der Waals surface area contributed by atoms with Crippen LogP contribution in [0.4, 0.5) is 0 Å². The number of sulfone groups is 1. The zero-order valence-corrected chi connectivity index (χ0v) is 12.7. The van der Waals surface area contributed by atoms with E-state index in [4.69, 9.17) is 10.2 Å². The van der Waals surface area contributed by atoms with E-state index in [9.17, 15) is 8.42 Å². The van der Waals surface area contributed by atoms with Gasteiger partial charge in [0.05, 0.1) is 16.3 Å². The zero-order chi connectivity index (χ0) is 14.6. The van der Waals surface area contributed by atoms with E-state index >= 15 is 0 Å². The molecule has 0 fully saturated rings. The van der Waals surface area contributed by atoms with Gasteiger partial charge in [-0.25, -0.2) is 13.4 Å².